The molecule has 0 bridgehead atoms. The van der Waals surface area contributed by atoms with Gasteiger partial charge in [-0.1, -0.05) is 24.3 Å². The van der Waals surface area contributed by atoms with Crippen LogP contribution in [0.4, 0.5) is 5.69 Å². The van der Waals surface area contributed by atoms with Crippen LogP contribution in [0.3, 0.4) is 0 Å². The molecule has 0 aliphatic carbocycles. The molecule has 2 rings (SSSR count). The summed E-state index contributed by atoms with van der Waals surface area (Å²) >= 11 is 7.30. The summed E-state index contributed by atoms with van der Waals surface area (Å²) in [6, 6.07) is 16.7. The first kappa shape index (κ1) is 15.2. The first-order chi connectivity index (χ1) is 9.72. The van der Waals surface area contributed by atoms with E-state index in [1.165, 1.54) is 16.0 Å². The Morgan fingerprint density at radius 3 is 2.10 bits per heavy atom. The van der Waals surface area contributed by atoms with Crippen LogP contribution in [0.25, 0.3) is 11.1 Å². The Kier molecular flexibility index (Phi) is 5.77. The molecule has 0 fully saturated rings. The van der Waals surface area contributed by atoms with Gasteiger partial charge in [-0.05, 0) is 41.6 Å². The third-order valence-corrected chi connectivity index (χ3v) is 4.13. The van der Waals surface area contributed by atoms with E-state index in [4.69, 9.17) is 11.6 Å². The minimum absolute atomic E-state index is 0.243. The number of aliphatic hydroxyl groups excluding tert-OH is 1. The largest absolute Gasteiger partial charge is 0.390 e. The molecule has 0 saturated carbocycles. The van der Waals surface area contributed by atoms with Crippen molar-refractivity contribution in [1.29, 1.82) is 0 Å². The molecule has 4 heteroatoms. The summed E-state index contributed by atoms with van der Waals surface area (Å²) in [5.74, 6) is 0.243. The molecule has 2 N–H and O–H groups in total. The second kappa shape index (κ2) is 7.58. The molecular formula is C16H18ClNOS. The number of aliphatic hydroxyl groups is 1. The van der Waals surface area contributed by atoms with Crippen LogP contribution in [-0.2, 0) is 0 Å². The summed E-state index contributed by atoms with van der Waals surface area (Å²) in [7, 11) is 0. The van der Waals surface area contributed by atoms with Gasteiger partial charge in [-0.3, -0.25) is 0 Å². The fourth-order valence-electron chi connectivity index (χ4n) is 1.85. The normalized spacial score (nSPS) is 12.2. The molecule has 106 valence electrons. The number of hydrogen-bond donors (Lipinski definition) is 2. The minimum Gasteiger partial charge on any atom is -0.390 e. The molecule has 2 aromatic carbocycles. The molecule has 0 saturated heterocycles. The predicted molar refractivity (Wildman–Crippen MR) is 88.9 cm³/mol. The zero-order valence-corrected chi connectivity index (χ0v) is 12.9. The van der Waals surface area contributed by atoms with Gasteiger partial charge in [0.05, 0.1) is 12.0 Å². The Bertz CT molecular complexity index is 527. The van der Waals surface area contributed by atoms with E-state index in [9.17, 15) is 5.11 Å². The van der Waals surface area contributed by atoms with Gasteiger partial charge in [0.25, 0.3) is 0 Å². The fourth-order valence-corrected chi connectivity index (χ4v) is 2.37. The zero-order valence-electron chi connectivity index (χ0n) is 11.3. The quantitative estimate of drug-likeness (QED) is 0.623. The summed E-state index contributed by atoms with van der Waals surface area (Å²) in [4.78, 5) is 1.27. The molecule has 0 heterocycles. The van der Waals surface area contributed by atoms with Crippen molar-refractivity contribution in [3.63, 3.8) is 0 Å². The summed E-state index contributed by atoms with van der Waals surface area (Å²) in [5, 5.41) is 12.6. The van der Waals surface area contributed by atoms with Gasteiger partial charge in [0.1, 0.15) is 0 Å². The van der Waals surface area contributed by atoms with E-state index in [2.05, 4.69) is 48.0 Å². The molecule has 1 unspecified atom stereocenters. The van der Waals surface area contributed by atoms with Crippen molar-refractivity contribution in [3.8, 4) is 11.1 Å². The van der Waals surface area contributed by atoms with Gasteiger partial charge >= 0.3 is 0 Å². The standard InChI is InChI=1S/C16H18ClNOS/c1-20-16-8-4-13(5-9-16)12-2-6-14(7-3-12)18-11-15(19)10-17/h2-9,15,18-19H,10-11H2,1H3. The fraction of sp³-hybridized carbons (Fsp3) is 0.250. The Hall–Kier alpha value is -1.16. The molecule has 0 spiro atoms. The Morgan fingerprint density at radius 1 is 1.05 bits per heavy atom. The lowest BCUT2D eigenvalue weighted by molar-refractivity contribution is 0.211. The Morgan fingerprint density at radius 2 is 1.60 bits per heavy atom. The highest BCUT2D eigenvalue weighted by Crippen LogP contribution is 2.24. The highest BCUT2D eigenvalue weighted by Gasteiger charge is 2.02. The average molecular weight is 308 g/mol. The second-order valence-corrected chi connectivity index (χ2v) is 5.68. The van der Waals surface area contributed by atoms with Gasteiger partial charge in [0.15, 0.2) is 0 Å². The van der Waals surface area contributed by atoms with Crippen LogP contribution in [0.1, 0.15) is 0 Å². The number of thioether (sulfide) groups is 1. The third kappa shape index (κ3) is 4.17. The number of halogens is 1. The second-order valence-electron chi connectivity index (χ2n) is 4.49. The molecule has 2 nitrogen and oxygen atoms in total. The number of anilines is 1. The molecule has 0 aliphatic rings. The van der Waals surface area contributed by atoms with Crippen molar-refractivity contribution in [2.75, 3.05) is 24.0 Å². The first-order valence-electron chi connectivity index (χ1n) is 6.45. The topological polar surface area (TPSA) is 32.3 Å². The molecule has 1 atom stereocenters. The smallest absolute Gasteiger partial charge is 0.0847 e. The van der Waals surface area contributed by atoms with E-state index in [0.717, 1.165) is 5.69 Å². The third-order valence-electron chi connectivity index (χ3n) is 3.03. The first-order valence-corrected chi connectivity index (χ1v) is 8.21. The SMILES string of the molecule is CSc1ccc(-c2ccc(NCC(O)CCl)cc2)cc1. The van der Waals surface area contributed by atoms with Gasteiger partial charge in [-0.2, -0.15) is 0 Å². The highest BCUT2D eigenvalue weighted by molar-refractivity contribution is 7.98. The van der Waals surface area contributed by atoms with Crippen LogP contribution in [0.15, 0.2) is 53.4 Å². The van der Waals surface area contributed by atoms with Crippen molar-refractivity contribution >= 4 is 29.1 Å². The molecule has 0 amide bonds. The minimum atomic E-state index is -0.518. The Balaban J connectivity index is 2.03. The maximum absolute atomic E-state index is 9.40. The highest BCUT2D eigenvalue weighted by atomic mass is 35.5. The van der Waals surface area contributed by atoms with Crippen molar-refractivity contribution in [2.24, 2.45) is 0 Å². The maximum atomic E-state index is 9.40. The van der Waals surface area contributed by atoms with Crippen molar-refractivity contribution in [3.05, 3.63) is 48.5 Å². The van der Waals surface area contributed by atoms with E-state index >= 15 is 0 Å². The number of benzene rings is 2. The van der Waals surface area contributed by atoms with Gasteiger partial charge in [0.2, 0.25) is 0 Å². The summed E-state index contributed by atoms with van der Waals surface area (Å²) in [6.07, 6.45) is 1.56. The van der Waals surface area contributed by atoms with Crippen LogP contribution in [0.5, 0.6) is 0 Å². The molecule has 0 aliphatic heterocycles. The van der Waals surface area contributed by atoms with Crippen LogP contribution < -0.4 is 5.32 Å². The van der Waals surface area contributed by atoms with Gasteiger partial charge < -0.3 is 10.4 Å². The average Bonchev–Trinajstić information content (AvgIpc) is 2.53. The monoisotopic (exact) mass is 307 g/mol. The lowest BCUT2D eigenvalue weighted by atomic mass is 10.1. The van der Waals surface area contributed by atoms with Crippen LogP contribution in [0.2, 0.25) is 0 Å². The lowest BCUT2D eigenvalue weighted by Crippen LogP contribution is -2.20. The number of alkyl halides is 1. The van der Waals surface area contributed by atoms with E-state index < -0.39 is 6.10 Å². The summed E-state index contributed by atoms with van der Waals surface area (Å²) in [5.41, 5.74) is 3.37. The molecule has 0 aromatic heterocycles. The number of hydrogen-bond acceptors (Lipinski definition) is 3. The lowest BCUT2D eigenvalue weighted by Gasteiger charge is -2.10. The molecule has 20 heavy (non-hydrogen) atoms. The van der Waals surface area contributed by atoms with Crippen LogP contribution in [0, 0.1) is 0 Å². The van der Waals surface area contributed by atoms with Gasteiger partial charge in [-0.25, -0.2) is 0 Å². The Labute approximate surface area is 129 Å². The predicted octanol–water partition coefficient (Wildman–Crippen LogP) is 4.09. The van der Waals surface area contributed by atoms with Crippen molar-refractivity contribution in [2.45, 2.75) is 11.0 Å². The van der Waals surface area contributed by atoms with Gasteiger partial charge in [-0.15, -0.1) is 23.4 Å². The van der Waals surface area contributed by atoms with Crippen molar-refractivity contribution in [1.82, 2.24) is 0 Å². The van der Waals surface area contributed by atoms with Gasteiger partial charge in [0, 0.05) is 17.1 Å². The van der Waals surface area contributed by atoms with E-state index in [1.54, 1.807) is 11.8 Å². The van der Waals surface area contributed by atoms with E-state index in [-0.39, 0.29) is 5.88 Å². The molecule has 2 aromatic rings. The zero-order chi connectivity index (χ0) is 14.4. The number of nitrogens with one attached hydrogen (secondary N) is 1. The summed E-state index contributed by atoms with van der Waals surface area (Å²) < 4.78 is 0. The maximum Gasteiger partial charge on any atom is 0.0847 e. The van der Waals surface area contributed by atoms with E-state index in [1.807, 2.05) is 12.1 Å². The number of rotatable bonds is 6. The molecular weight excluding hydrogens is 290 g/mol. The molecule has 0 radical (unpaired) electrons. The summed E-state index contributed by atoms with van der Waals surface area (Å²) in [6.45, 7) is 0.464. The van der Waals surface area contributed by atoms with Crippen LogP contribution >= 0.6 is 23.4 Å². The van der Waals surface area contributed by atoms with Crippen molar-refractivity contribution < 1.29 is 5.11 Å². The van der Waals surface area contributed by atoms with Crippen LogP contribution in [-0.4, -0.2) is 29.9 Å². The van der Waals surface area contributed by atoms with E-state index in [0.29, 0.717) is 6.54 Å².